The number of ether oxygens (including phenoxy) is 1. The van der Waals surface area contributed by atoms with Gasteiger partial charge in [0, 0.05) is 15.1 Å². The van der Waals surface area contributed by atoms with Crippen LogP contribution in [0.3, 0.4) is 0 Å². The summed E-state index contributed by atoms with van der Waals surface area (Å²) < 4.78 is 5.01. The van der Waals surface area contributed by atoms with Crippen molar-refractivity contribution in [1.29, 1.82) is 0 Å². The lowest BCUT2D eigenvalue weighted by Gasteiger charge is -2.22. The van der Waals surface area contributed by atoms with Gasteiger partial charge in [-0.1, -0.05) is 19.6 Å². The Morgan fingerprint density at radius 2 is 1.88 bits per heavy atom. The lowest BCUT2D eigenvalue weighted by Crippen LogP contribution is -2.41. The van der Waals surface area contributed by atoms with Gasteiger partial charge in [-0.2, -0.15) is 0 Å². The van der Waals surface area contributed by atoms with E-state index in [9.17, 15) is 9.59 Å². The van der Waals surface area contributed by atoms with Gasteiger partial charge in [0.25, 0.3) is 0 Å². The molecule has 6 heteroatoms. The summed E-state index contributed by atoms with van der Waals surface area (Å²) in [5.74, 6) is -1.04. The molecule has 1 atom stereocenters. The van der Waals surface area contributed by atoms with E-state index < -0.39 is 26.2 Å². The number of carboxylic acid groups (broad SMARTS) is 1. The van der Waals surface area contributed by atoms with E-state index in [1.54, 1.807) is 0 Å². The molecule has 0 aliphatic carbocycles. The third kappa shape index (κ3) is 5.74. The first kappa shape index (κ1) is 15.0. The normalized spacial score (nSPS) is 13.1. The second-order valence-corrected chi connectivity index (χ2v) is 10.7. The van der Waals surface area contributed by atoms with Crippen molar-refractivity contribution in [3.63, 3.8) is 0 Å². The maximum absolute atomic E-state index is 11.4. The van der Waals surface area contributed by atoms with Crippen molar-refractivity contribution in [2.45, 2.75) is 38.7 Å². The molecule has 0 bridgehead atoms. The van der Waals surface area contributed by atoms with E-state index in [1.165, 1.54) is 14.0 Å². The predicted molar refractivity (Wildman–Crippen MR) is 64.4 cm³/mol. The van der Waals surface area contributed by atoms with E-state index in [2.05, 4.69) is 19.6 Å². The van der Waals surface area contributed by atoms with Crippen molar-refractivity contribution in [3.05, 3.63) is 0 Å². The molecule has 0 radical (unpaired) electrons. The van der Waals surface area contributed by atoms with Gasteiger partial charge < -0.3 is 9.84 Å². The highest BCUT2D eigenvalue weighted by molar-refractivity contribution is 6.76. The molecule has 0 saturated carbocycles. The standard InChI is InChI=1S/C10H21NO4Si/c1-8(9(12)13)11(2)10(14)15-6-7-16(3,4)5/h8H,6-7H2,1-5H3,(H,12,13)/t8-/m0/s1. The van der Waals surface area contributed by atoms with Crippen LogP contribution >= 0.6 is 0 Å². The predicted octanol–water partition coefficient (Wildman–Crippen LogP) is 1.87. The Hall–Kier alpha value is -1.04. The molecular weight excluding hydrogens is 226 g/mol. The molecule has 0 unspecified atom stereocenters. The number of carbonyl (C=O) groups excluding carboxylic acids is 1. The molecule has 1 N–H and O–H groups in total. The molecule has 0 aliphatic rings. The van der Waals surface area contributed by atoms with Gasteiger partial charge in [0.1, 0.15) is 6.04 Å². The van der Waals surface area contributed by atoms with Gasteiger partial charge >= 0.3 is 12.1 Å². The summed E-state index contributed by atoms with van der Waals surface area (Å²) >= 11 is 0. The van der Waals surface area contributed by atoms with Crippen molar-refractivity contribution in [2.24, 2.45) is 0 Å². The average Bonchev–Trinajstić information content (AvgIpc) is 2.13. The largest absolute Gasteiger partial charge is 0.480 e. The summed E-state index contributed by atoms with van der Waals surface area (Å²) in [6.07, 6.45) is -0.576. The fraction of sp³-hybridized carbons (Fsp3) is 0.800. The molecule has 0 heterocycles. The second kappa shape index (κ2) is 5.88. The maximum atomic E-state index is 11.4. The molecule has 0 aromatic carbocycles. The summed E-state index contributed by atoms with van der Waals surface area (Å²) in [4.78, 5) is 23.2. The zero-order valence-corrected chi connectivity index (χ0v) is 11.6. The number of nitrogens with zero attached hydrogens (tertiary/aromatic N) is 1. The van der Waals surface area contributed by atoms with Crippen molar-refractivity contribution in [2.75, 3.05) is 13.7 Å². The van der Waals surface area contributed by atoms with Gasteiger partial charge in [-0.3, -0.25) is 4.90 Å². The topological polar surface area (TPSA) is 66.8 Å². The highest BCUT2D eigenvalue weighted by Gasteiger charge is 2.23. The van der Waals surface area contributed by atoms with E-state index in [1.807, 2.05) is 0 Å². The fourth-order valence-corrected chi connectivity index (χ4v) is 1.58. The van der Waals surface area contributed by atoms with Crippen LogP contribution in [-0.4, -0.2) is 49.8 Å². The molecule has 0 rings (SSSR count). The number of amides is 1. The highest BCUT2D eigenvalue weighted by Crippen LogP contribution is 2.08. The fourth-order valence-electron chi connectivity index (χ4n) is 0.870. The van der Waals surface area contributed by atoms with E-state index >= 15 is 0 Å². The molecule has 0 aromatic heterocycles. The van der Waals surface area contributed by atoms with Crippen molar-refractivity contribution in [3.8, 4) is 0 Å². The number of aliphatic carboxylic acids is 1. The van der Waals surface area contributed by atoms with Crippen LogP contribution < -0.4 is 0 Å². The molecule has 5 nitrogen and oxygen atoms in total. The Morgan fingerprint density at radius 1 is 1.38 bits per heavy atom. The lowest BCUT2D eigenvalue weighted by molar-refractivity contribution is -0.141. The minimum atomic E-state index is -1.22. The van der Waals surface area contributed by atoms with Gasteiger partial charge in [0.15, 0.2) is 0 Å². The van der Waals surface area contributed by atoms with Crippen LogP contribution in [0.1, 0.15) is 6.92 Å². The van der Waals surface area contributed by atoms with Gasteiger partial charge in [0.2, 0.25) is 0 Å². The van der Waals surface area contributed by atoms with E-state index in [-0.39, 0.29) is 0 Å². The molecule has 94 valence electrons. The second-order valence-electron chi connectivity index (χ2n) is 5.05. The molecule has 1 amide bonds. The first-order chi connectivity index (χ1) is 7.15. The van der Waals surface area contributed by atoms with Crippen LogP contribution in [0.5, 0.6) is 0 Å². The Morgan fingerprint density at radius 3 is 2.25 bits per heavy atom. The number of carbonyl (C=O) groups is 2. The third-order valence-electron chi connectivity index (χ3n) is 2.30. The highest BCUT2D eigenvalue weighted by atomic mass is 28.3. The van der Waals surface area contributed by atoms with Gasteiger partial charge in [-0.15, -0.1) is 0 Å². The van der Waals surface area contributed by atoms with Crippen molar-refractivity contribution < 1.29 is 19.4 Å². The molecule has 0 saturated heterocycles. The van der Waals surface area contributed by atoms with Gasteiger partial charge in [0.05, 0.1) is 6.61 Å². The van der Waals surface area contributed by atoms with E-state index in [0.717, 1.165) is 10.9 Å². The van der Waals surface area contributed by atoms with Crippen LogP contribution in [0.25, 0.3) is 0 Å². The Bertz CT molecular complexity index is 262. The Kier molecular flexibility index (Phi) is 5.50. The molecule has 16 heavy (non-hydrogen) atoms. The number of hydrogen-bond donors (Lipinski definition) is 1. The number of hydrogen-bond acceptors (Lipinski definition) is 3. The maximum Gasteiger partial charge on any atom is 0.410 e. The minimum absolute atomic E-state index is 0.366. The quantitative estimate of drug-likeness (QED) is 0.753. The first-order valence-electron chi connectivity index (χ1n) is 5.27. The molecule has 0 aliphatic heterocycles. The summed E-state index contributed by atoms with van der Waals surface area (Å²) in [7, 11) is 0.206. The average molecular weight is 247 g/mol. The number of likely N-dealkylation sites (N-methyl/N-ethyl adjacent to an activating group) is 1. The van der Waals surface area contributed by atoms with Crippen molar-refractivity contribution >= 4 is 20.1 Å². The van der Waals surface area contributed by atoms with E-state index in [4.69, 9.17) is 9.84 Å². The zero-order chi connectivity index (χ0) is 12.9. The summed E-state index contributed by atoms with van der Waals surface area (Å²) in [6.45, 7) is 8.37. The SMILES string of the molecule is C[C@@H](C(=O)O)N(C)C(=O)OCC[Si](C)(C)C. The molecule has 0 aromatic rings. The summed E-state index contributed by atoms with van der Waals surface area (Å²) in [6, 6.07) is 0.0213. The van der Waals surface area contributed by atoms with E-state index in [0.29, 0.717) is 6.61 Å². The van der Waals surface area contributed by atoms with Crippen molar-refractivity contribution in [1.82, 2.24) is 4.90 Å². The Balaban J connectivity index is 4.03. The minimum Gasteiger partial charge on any atom is -0.480 e. The van der Waals surface area contributed by atoms with Crippen LogP contribution in [0.15, 0.2) is 0 Å². The van der Waals surface area contributed by atoms with Crippen LogP contribution in [-0.2, 0) is 9.53 Å². The monoisotopic (exact) mass is 247 g/mol. The first-order valence-corrected chi connectivity index (χ1v) is 8.98. The van der Waals surface area contributed by atoms with Crippen LogP contribution in [0.4, 0.5) is 4.79 Å². The summed E-state index contributed by atoms with van der Waals surface area (Å²) in [5.41, 5.74) is 0. The molecular formula is C10H21NO4Si. The molecule has 0 fully saturated rings. The Labute approximate surface area is 97.4 Å². The third-order valence-corrected chi connectivity index (χ3v) is 4.01. The smallest absolute Gasteiger partial charge is 0.410 e. The number of carboxylic acids is 1. The summed E-state index contributed by atoms with van der Waals surface area (Å²) in [5, 5.41) is 8.71. The lowest BCUT2D eigenvalue weighted by atomic mass is 10.3. The zero-order valence-electron chi connectivity index (χ0n) is 10.6. The van der Waals surface area contributed by atoms with Crippen LogP contribution in [0.2, 0.25) is 25.7 Å². The molecule has 0 spiro atoms. The van der Waals surface area contributed by atoms with Crippen LogP contribution in [0, 0.1) is 0 Å². The number of rotatable bonds is 5. The van der Waals surface area contributed by atoms with Gasteiger partial charge in [-0.25, -0.2) is 9.59 Å². The van der Waals surface area contributed by atoms with Gasteiger partial charge in [-0.05, 0) is 13.0 Å².